The van der Waals surface area contributed by atoms with Crippen molar-refractivity contribution in [1.82, 2.24) is 14.9 Å². The number of amides is 3. The molecule has 3 amide bonds. The van der Waals surface area contributed by atoms with Crippen molar-refractivity contribution in [3.05, 3.63) is 59.4 Å². The Kier molecular flexibility index (Phi) is 4.99. The van der Waals surface area contributed by atoms with Gasteiger partial charge >= 0.3 is 0 Å². The number of pyridine rings is 1. The second-order valence-corrected chi connectivity index (χ2v) is 7.59. The average molecular weight is 405 g/mol. The first-order valence-corrected chi connectivity index (χ1v) is 9.88. The van der Waals surface area contributed by atoms with Crippen molar-refractivity contribution in [2.45, 2.75) is 32.9 Å². The van der Waals surface area contributed by atoms with Crippen LogP contribution in [0.4, 0.5) is 5.69 Å². The Balaban J connectivity index is 1.76. The summed E-state index contributed by atoms with van der Waals surface area (Å²) in [4.78, 5) is 46.9. The van der Waals surface area contributed by atoms with Gasteiger partial charge in [0, 0.05) is 12.2 Å². The Bertz CT molecular complexity index is 1150. The number of H-pyrrole nitrogens is 1. The number of fused-ring (bicyclic) bond motifs is 2. The Morgan fingerprint density at radius 1 is 1.27 bits per heavy atom. The van der Waals surface area contributed by atoms with Crippen molar-refractivity contribution in [3.8, 4) is 0 Å². The van der Waals surface area contributed by atoms with Gasteiger partial charge in [-0.15, -0.1) is 0 Å². The predicted molar refractivity (Wildman–Crippen MR) is 113 cm³/mol. The maximum Gasteiger partial charge on any atom is 0.273 e. The fourth-order valence-corrected chi connectivity index (χ4v) is 3.80. The Morgan fingerprint density at radius 3 is 2.77 bits per heavy atom. The van der Waals surface area contributed by atoms with Crippen LogP contribution < -0.4 is 11.1 Å². The maximum absolute atomic E-state index is 13.5. The van der Waals surface area contributed by atoms with Gasteiger partial charge in [0.15, 0.2) is 0 Å². The summed E-state index contributed by atoms with van der Waals surface area (Å²) in [5.74, 6) is -1.18. The molecule has 1 aromatic carbocycles. The zero-order valence-corrected chi connectivity index (χ0v) is 16.8. The van der Waals surface area contributed by atoms with Crippen molar-refractivity contribution in [2.75, 3.05) is 5.32 Å². The molecule has 4 rings (SSSR count). The van der Waals surface area contributed by atoms with Gasteiger partial charge in [0.1, 0.15) is 17.4 Å². The number of rotatable bonds is 4. The quantitative estimate of drug-likeness (QED) is 0.618. The lowest BCUT2D eigenvalue weighted by Gasteiger charge is -2.32. The predicted octanol–water partition coefficient (Wildman–Crippen LogP) is 2.67. The zero-order valence-electron chi connectivity index (χ0n) is 16.8. The van der Waals surface area contributed by atoms with E-state index in [0.717, 1.165) is 12.0 Å². The molecule has 3 heterocycles. The average Bonchev–Trinajstić information content (AvgIpc) is 3.11. The summed E-state index contributed by atoms with van der Waals surface area (Å²) >= 11 is 0. The lowest BCUT2D eigenvalue weighted by atomic mass is 9.96. The van der Waals surface area contributed by atoms with Crippen molar-refractivity contribution < 1.29 is 14.4 Å². The van der Waals surface area contributed by atoms with Gasteiger partial charge in [-0.2, -0.15) is 0 Å². The SMILES string of the molecule is CCC(C)C1C(=O)Nc2ccccc2CN1C(=O)c1ccc2[nH]c(C(N)=O)cc2n1. The number of hydrogen-bond acceptors (Lipinski definition) is 4. The van der Waals surface area contributed by atoms with Gasteiger partial charge in [0.25, 0.3) is 11.8 Å². The van der Waals surface area contributed by atoms with Crippen LogP contribution in [0.25, 0.3) is 11.0 Å². The first-order valence-electron chi connectivity index (χ1n) is 9.88. The fourth-order valence-electron chi connectivity index (χ4n) is 3.80. The van der Waals surface area contributed by atoms with Crippen LogP contribution in [-0.2, 0) is 11.3 Å². The minimum absolute atomic E-state index is 0.0410. The first kappa shape index (κ1) is 19.6. The minimum Gasteiger partial charge on any atom is -0.364 e. The largest absolute Gasteiger partial charge is 0.364 e. The van der Waals surface area contributed by atoms with Gasteiger partial charge in [-0.1, -0.05) is 38.5 Å². The van der Waals surface area contributed by atoms with Gasteiger partial charge < -0.3 is 20.9 Å². The van der Waals surface area contributed by atoms with Crippen LogP contribution in [0.5, 0.6) is 0 Å². The third-order valence-electron chi connectivity index (χ3n) is 5.62. The fraction of sp³-hybridized carbons (Fsp3) is 0.273. The number of nitrogens with zero attached hydrogens (tertiary/aromatic N) is 2. The van der Waals surface area contributed by atoms with E-state index in [1.165, 1.54) is 6.07 Å². The monoisotopic (exact) mass is 405 g/mol. The van der Waals surface area contributed by atoms with Crippen LogP contribution in [0.3, 0.4) is 0 Å². The molecule has 0 aliphatic carbocycles. The Labute approximate surface area is 173 Å². The van der Waals surface area contributed by atoms with E-state index in [1.54, 1.807) is 17.0 Å². The number of anilines is 1. The second kappa shape index (κ2) is 7.62. The molecule has 30 heavy (non-hydrogen) atoms. The van der Waals surface area contributed by atoms with Gasteiger partial charge in [0.05, 0.1) is 11.0 Å². The van der Waals surface area contributed by atoms with Crippen molar-refractivity contribution in [3.63, 3.8) is 0 Å². The number of aromatic amines is 1. The number of para-hydroxylation sites is 1. The van der Waals surface area contributed by atoms with E-state index in [9.17, 15) is 14.4 Å². The molecule has 2 atom stereocenters. The maximum atomic E-state index is 13.5. The van der Waals surface area contributed by atoms with Crippen molar-refractivity contribution >= 4 is 34.4 Å². The van der Waals surface area contributed by atoms with Crippen LogP contribution in [0.2, 0.25) is 0 Å². The van der Waals surface area contributed by atoms with Crippen LogP contribution in [-0.4, -0.2) is 38.6 Å². The molecule has 0 saturated carbocycles. The summed E-state index contributed by atoms with van der Waals surface area (Å²) in [5, 5.41) is 2.96. The molecule has 0 bridgehead atoms. The highest BCUT2D eigenvalue weighted by Crippen LogP contribution is 2.28. The van der Waals surface area contributed by atoms with E-state index in [0.29, 0.717) is 23.3 Å². The van der Waals surface area contributed by atoms with Gasteiger partial charge in [-0.25, -0.2) is 4.98 Å². The molecule has 1 aliphatic heterocycles. The first-order chi connectivity index (χ1) is 14.4. The number of aromatic nitrogens is 2. The van der Waals surface area contributed by atoms with E-state index >= 15 is 0 Å². The molecule has 4 N–H and O–H groups in total. The number of nitrogens with one attached hydrogen (secondary N) is 2. The zero-order chi connectivity index (χ0) is 21.4. The summed E-state index contributed by atoms with van der Waals surface area (Å²) in [6.45, 7) is 4.25. The molecule has 8 heteroatoms. The molecular weight excluding hydrogens is 382 g/mol. The highest BCUT2D eigenvalue weighted by atomic mass is 16.2. The smallest absolute Gasteiger partial charge is 0.273 e. The molecule has 0 radical (unpaired) electrons. The van der Waals surface area contributed by atoms with Crippen LogP contribution in [0.1, 0.15) is 46.8 Å². The van der Waals surface area contributed by atoms with Crippen LogP contribution in [0, 0.1) is 5.92 Å². The third kappa shape index (κ3) is 3.41. The van der Waals surface area contributed by atoms with E-state index < -0.39 is 11.9 Å². The number of carbonyl (C=O) groups is 3. The van der Waals surface area contributed by atoms with Gasteiger partial charge in [-0.05, 0) is 35.7 Å². The molecule has 2 unspecified atom stereocenters. The van der Waals surface area contributed by atoms with Crippen LogP contribution >= 0.6 is 0 Å². The van der Waals surface area contributed by atoms with Crippen molar-refractivity contribution in [1.29, 1.82) is 0 Å². The molecule has 0 spiro atoms. The van der Waals surface area contributed by atoms with Gasteiger partial charge in [-0.3, -0.25) is 14.4 Å². The summed E-state index contributed by atoms with van der Waals surface area (Å²) in [7, 11) is 0. The van der Waals surface area contributed by atoms with E-state index in [-0.39, 0.29) is 29.1 Å². The molecule has 2 aromatic heterocycles. The number of primary amides is 1. The molecule has 0 fully saturated rings. The second-order valence-electron chi connectivity index (χ2n) is 7.59. The Morgan fingerprint density at radius 2 is 2.03 bits per heavy atom. The van der Waals surface area contributed by atoms with Crippen LogP contribution in [0.15, 0.2) is 42.5 Å². The van der Waals surface area contributed by atoms with E-state index in [2.05, 4.69) is 15.3 Å². The van der Waals surface area contributed by atoms with Gasteiger partial charge in [0.2, 0.25) is 5.91 Å². The van der Waals surface area contributed by atoms with E-state index in [1.807, 2.05) is 38.1 Å². The summed E-state index contributed by atoms with van der Waals surface area (Å²) in [6, 6.07) is 11.6. The van der Waals surface area contributed by atoms with Crippen molar-refractivity contribution in [2.24, 2.45) is 11.7 Å². The summed E-state index contributed by atoms with van der Waals surface area (Å²) in [6.07, 6.45) is 0.741. The highest BCUT2D eigenvalue weighted by Gasteiger charge is 2.37. The summed E-state index contributed by atoms with van der Waals surface area (Å²) < 4.78 is 0. The topological polar surface area (TPSA) is 121 Å². The number of benzene rings is 1. The molecule has 154 valence electrons. The number of carbonyl (C=O) groups excluding carboxylic acids is 3. The highest BCUT2D eigenvalue weighted by molar-refractivity contribution is 6.03. The Hall–Kier alpha value is -3.68. The molecule has 3 aromatic rings. The normalized spacial score (nSPS) is 17.2. The molecule has 1 aliphatic rings. The number of hydrogen-bond donors (Lipinski definition) is 3. The third-order valence-corrected chi connectivity index (χ3v) is 5.62. The summed E-state index contributed by atoms with van der Waals surface area (Å²) in [5.41, 5.74) is 8.41. The lowest BCUT2D eigenvalue weighted by Crippen LogP contribution is -2.49. The lowest BCUT2D eigenvalue weighted by molar-refractivity contribution is -0.122. The molecule has 0 saturated heterocycles. The molecular formula is C22H23N5O3. The molecule has 8 nitrogen and oxygen atoms in total. The number of nitrogens with two attached hydrogens (primary N) is 1. The van der Waals surface area contributed by atoms with E-state index in [4.69, 9.17) is 5.73 Å². The standard InChI is InChI=1S/C22H23N5O3/c1-3-12(2)19-21(29)26-14-7-5-4-6-13(14)11-27(19)22(30)16-9-8-15-17(25-16)10-18(24-15)20(23)28/h4-10,12,19,24H,3,11H2,1-2H3,(H2,23,28)(H,26,29). The minimum atomic E-state index is -0.625.